The van der Waals surface area contributed by atoms with E-state index < -0.39 is 14.6 Å². The molecule has 0 aliphatic rings. The number of allylic oxidation sites excluding steroid dienone is 1. The van der Waals surface area contributed by atoms with E-state index in [0.29, 0.717) is 28.4 Å². The van der Waals surface area contributed by atoms with E-state index in [-0.39, 0.29) is 37.3 Å². The number of benzene rings is 2. The molecular formula is C25H35N3O8P2S. The van der Waals surface area contributed by atoms with Gasteiger partial charge in [-0.3, -0.25) is 9.05 Å². The van der Waals surface area contributed by atoms with Crippen LogP contribution >= 0.6 is 26.0 Å². The maximum absolute atomic E-state index is 13.1. The van der Waals surface area contributed by atoms with E-state index in [1.807, 2.05) is 24.3 Å². The zero-order valence-corrected chi connectivity index (χ0v) is 25.2. The largest absolute Gasteiger partial charge is 0.530 e. The van der Waals surface area contributed by atoms with Crippen LogP contribution in [0.3, 0.4) is 0 Å². The molecule has 2 aromatic carbocycles. The Kier molecular flexibility index (Phi) is 14.0. The zero-order chi connectivity index (χ0) is 28.7. The molecule has 2 N–H and O–H groups in total. The SMILES string of the molecule is CCOP(=O)(OCC)Oc1ccccc1C(/C=C/c1cccc(OC)c1)=N/N=C(\N)SP(=O)(OCC)OCC. The van der Waals surface area contributed by atoms with Crippen LogP contribution in [0.2, 0.25) is 0 Å². The quantitative estimate of drug-likeness (QED) is 0.0937. The molecule has 214 valence electrons. The molecule has 0 aliphatic heterocycles. The van der Waals surface area contributed by atoms with Gasteiger partial charge in [-0.2, -0.15) is 0 Å². The number of methoxy groups -OCH3 is 1. The van der Waals surface area contributed by atoms with Gasteiger partial charge in [-0.1, -0.05) is 30.3 Å². The fourth-order valence-electron chi connectivity index (χ4n) is 3.02. The highest BCUT2D eigenvalue weighted by Gasteiger charge is 2.29. The Balaban J connectivity index is 2.56. The first-order chi connectivity index (χ1) is 18.7. The van der Waals surface area contributed by atoms with E-state index in [2.05, 4.69) is 10.2 Å². The summed E-state index contributed by atoms with van der Waals surface area (Å²) in [6.45, 7) is 3.76. The van der Waals surface area contributed by atoms with Gasteiger partial charge in [-0.05, 0) is 63.6 Å². The molecule has 14 heteroatoms. The highest BCUT2D eigenvalue weighted by Crippen LogP contribution is 2.60. The monoisotopic (exact) mass is 599 g/mol. The molecule has 0 atom stereocenters. The van der Waals surface area contributed by atoms with Crippen LogP contribution in [0.5, 0.6) is 11.5 Å². The molecule has 0 amide bonds. The number of nitrogens with two attached hydrogens (primary N) is 1. The van der Waals surface area contributed by atoms with Gasteiger partial charge in [0.25, 0.3) is 0 Å². The smallest absolute Gasteiger partial charge is 0.497 e. The van der Waals surface area contributed by atoms with Crippen molar-refractivity contribution in [3.05, 3.63) is 65.7 Å². The first-order valence-corrected chi connectivity index (χ1v) is 16.6. The molecular weight excluding hydrogens is 564 g/mol. The number of nitrogens with zero attached hydrogens (tertiary/aromatic N) is 2. The summed E-state index contributed by atoms with van der Waals surface area (Å²) in [5.74, 6) is 0.863. The summed E-state index contributed by atoms with van der Waals surface area (Å²) in [5.41, 5.74) is 7.56. The minimum absolute atomic E-state index is 0.119. The lowest BCUT2D eigenvalue weighted by molar-refractivity contribution is 0.167. The first-order valence-electron chi connectivity index (χ1n) is 12.2. The van der Waals surface area contributed by atoms with Crippen molar-refractivity contribution in [3.63, 3.8) is 0 Å². The second kappa shape index (κ2) is 16.6. The lowest BCUT2D eigenvalue weighted by Gasteiger charge is -2.19. The molecule has 0 unspecified atom stereocenters. The van der Waals surface area contributed by atoms with Crippen LogP contribution in [0.4, 0.5) is 0 Å². The molecule has 0 radical (unpaired) electrons. The summed E-state index contributed by atoms with van der Waals surface area (Å²) in [7, 11) is -2.33. The summed E-state index contributed by atoms with van der Waals surface area (Å²) in [5, 5.41) is 8.21. The fraction of sp³-hybridized carbons (Fsp3) is 0.360. The number of amidine groups is 1. The number of phosphoric ester groups is 1. The number of ether oxygens (including phenoxy) is 1. The van der Waals surface area contributed by atoms with Crippen LogP contribution in [-0.2, 0) is 27.2 Å². The van der Waals surface area contributed by atoms with Gasteiger partial charge in [0.1, 0.15) is 11.5 Å². The molecule has 0 aromatic heterocycles. The summed E-state index contributed by atoms with van der Waals surface area (Å²) >= 11 is 0.656. The van der Waals surface area contributed by atoms with E-state index in [1.165, 1.54) is 0 Å². The molecule has 0 fully saturated rings. The van der Waals surface area contributed by atoms with Crippen LogP contribution < -0.4 is 15.0 Å². The Bertz CT molecular complexity index is 1240. The lowest BCUT2D eigenvalue weighted by Crippen LogP contribution is -2.09. The highest BCUT2D eigenvalue weighted by atomic mass is 32.7. The van der Waals surface area contributed by atoms with Crippen molar-refractivity contribution < 1.29 is 36.5 Å². The Hall–Kier alpha value is -2.43. The van der Waals surface area contributed by atoms with Crippen LogP contribution in [-0.4, -0.2) is 44.4 Å². The molecule has 0 saturated heterocycles. The Morgan fingerprint density at radius 2 is 1.54 bits per heavy atom. The van der Waals surface area contributed by atoms with Gasteiger partial charge in [0.2, 0.25) is 0 Å². The maximum atomic E-state index is 13.1. The third-order valence-electron chi connectivity index (χ3n) is 4.51. The van der Waals surface area contributed by atoms with Crippen LogP contribution in [0.25, 0.3) is 6.08 Å². The fourth-order valence-corrected chi connectivity index (χ4v) is 7.10. The minimum Gasteiger partial charge on any atom is -0.497 e. The van der Waals surface area contributed by atoms with Crippen LogP contribution in [0.1, 0.15) is 38.8 Å². The summed E-state index contributed by atoms with van der Waals surface area (Å²) < 4.78 is 58.1. The standard InChI is InChI=1S/C25H35N3O8P2S/c1-6-32-37(29,33-7-2)36-24-16-11-10-15-22(24)23(18-17-20-13-12-14-21(19-20)31-5)27-28-25(26)39-38(30,34-8-3)35-9-4/h10-19H,6-9H2,1-5H3,(H2,26,28)/b18-17+,27-23+. The predicted molar refractivity (Wildman–Crippen MR) is 157 cm³/mol. The normalized spacial score (nSPS) is 13.2. The number of hydrogen-bond donors (Lipinski definition) is 1. The van der Waals surface area contributed by atoms with Crippen molar-refractivity contribution in [2.45, 2.75) is 27.7 Å². The van der Waals surface area contributed by atoms with Crippen molar-refractivity contribution >= 4 is 43.0 Å². The van der Waals surface area contributed by atoms with Crippen LogP contribution in [0, 0.1) is 0 Å². The second-order valence-electron chi connectivity index (χ2n) is 7.28. The van der Waals surface area contributed by atoms with Gasteiger partial charge < -0.3 is 24.0 Å². The Morgan fingerprint density at radius 3 is 2.15 bits per heavy atom. The van der Waals surface area contributed by atoms with Crippen molar-refractivity contribution in [2.75, 3.05) is 33.5 Å². The number of hydrogen-bond acceptors (Lipinski definition) is 11. The van der Waals surface area contributed by atoms with Gasteiger partial charge in [-0.25, -0.2) is 9.13 Å². The van der Waals surface area contributed by atoms with E-state index in [4.69, 9.17) is 33.1 Å². The van der Waals surface area contributed by atoms with E-state index >= 15 is 0 Å². The van der Waals surface area contributed by atoms with Gasteiger partial charge in [0, 0.05) is 16.9 Å². The third-order valence-corrected chi connectivity index (χ3v) is 9.59. The Morgan fingerprint density at radius 1 is 0.897 bits per heavy atom. The lowest BCUT2D eigenvalue weighted by atomic mass is 10.1. The maximum Gasteiger partial charge on any atom is 0.530 e. The topological polar surface area (TPSA) is 140 Å². The molecule has 2 rings (SSSR count). The number of rotatable bonds is 16. The van der Waals surface area contributed by atoms with Crippen molar-refractivity contribution in [1.82, 2.24) is 0 Å². The van der Waals surface area contributed by atoms with Crippen LogP contribution in [0.15, 0.2) is 64.8 Å². The summed E-state index contributed by atoms with van der Waals surface area (Å²) in [6, 6.07) is 14.2. The molecule has 39 heavy (non-hydrogen) atoms. The summed E-state index contributed by atoms with van der Waals surface area (Å²) in [4.78, 5) is 0. The van der Waals surface area contributed by atoms with E-state index in [9.17, 15) is 9.13 Å². The highest BCUT2D eigenvalue weighted by molar-refractivity contribution is 8.62. The molecule has 0 aliphatic carbocycles. The predicted octanol–water partition coefficient (Wildman–Crippen LogP) is 6.90. The Labute approximate surface area is 233 Å². The molecule has 0 heterocycles. The average molecular weight is 600 g/mol. The minimum atomic E-state index is -3.91. The van der Waals surface area contributed by atoms with Gasteiger partial charge in [-0.15, -0.1) is 10.2 Å². The van der Waals surface area contributed by atoms with Gasteiger partial charge >= 0.3 is 14.6 Å². The number of para-hydroxylation sites is 1. The molecule has 0 bridgehead atoms. The molecule has 0 saturated carbocycles. The molecule has 2 aromatic rings. The molecule has 11 nitrogen and oxygen atoms in total. The summed E-state index contributed by atoms with van der Waals surface area (Å²) in [6.07, 6.45) is 3.46. The zero-order valence-electron chi connectivity index (χ0n) is 22.6. The van der Waals surface area contributed by atoms with E-state index in [1.54, 1.807) is 71.2 Å². The second-order valence-corrected chi connectivity index (χ2v) is 12.8. The molecule has 0 spiro atoms. The van der Waals surface area contributed by atoms with Crippen molar-refractivity contribution in [2.24, 2.45) is 15.9 Å². The third kappa shape index (κ3) is 10.9. The van der Waals surface area contributed by atoms with Gasteiger partial charge in [0.15, 0.2) is 5.17 Å². The van der Waals surface area contributed by atoms with Crippen molar-refractivity contribution in [1.29, 1.82) is 0 Å². The van der Waals surface area contributed by atoms with Gasteiger partial charge in [0.05, 0.1) is 39.2 Å². The number of phosphoric acid groups is 1. The first kappa shape index (κ1) is 32.8. The average Bonchev–Trinajstić information content (AvgIpc) is 2.89. The van der Waals surface area contributed by atoms with E-state index in [0.717, 1.165) is 5.56 Å². The van der Waals surface area contributed by atoms with Crippen molar-refractivity contribution in [3.8, 4) is 11.5 Å².